The molecule has 3 N–H and O–H groups in total. The van der Waals surface area contributed by atoms with Crippen molar-refractivity contribution in [1.82, 2.24) is 10.3 Å². The molecular weight excluding hydrogens is 316 g/mol. The molecule has 0 aliphatic carbocycles. The third kappa shape index (κ3) is 3.50. The number of hydrogen-bond donors (Lipinski definition) is 3. The largest absolute Gasteiger partial charge is 0.508 e. The van der Waals surface area contributed by atoms with Crippen LogP contribution >= 0.6 is 22.9 Å². The molecule has 0 atom stereocenters. The Morgan fingerprint density at radius 3 is 2.76 bits per heavy atom. The van der Waals surface area contributed by atoms with Gasteiger partial charge in [-0.25, -0.2) is 9.78 Å². The number of carboxylic acids is 1. The highest BCUT2D eigenvalue weighted by Crippen LogP contribution is 2.22. The third-order valence-corrected chi connectivity index (χ3v) is 4.10. The molecule has 0 aliphatic rings. The summed E-state index contributed by atoms with van der Waals surface area (Å²) in [5, 5.41) is 21.6. The maximum atomic E-state index is 12.0. The summed E-state index contributed by atoms with van der Waals surface area (Å²) in [6.07, 6.45) is 0. The van der Waals surface area contributed by atoms with Gasteiger partial charge in [0.15, 0.2) is 0 Å². The minimum absolute atomic E-state index is 0.0668. The Labute approximate surface area is 129 Å². The molecule has 0 saturated heterocycles. The van der Waals surface area contributed by atoms with Crippen LogP contribution in [0, 0.1) is 6.92 Å². The number of aryl methyl sites for hydroxylation is 1. The summed E-state index contributed by atoms with van der Waals surface area (Å²) in [6, 6.07) is 4.05. The SMILES string of the molecule is Cc1nc(CNC(=O)c2cc(O)ccc2Cl)sc1C(=O)O. The maximum absolute atomic E-state index is 12.0. The van der Waals surface area contributed by atoms with Crippen molar-refractivity contribution in [2.24, 2.45) is 0 Å². The number of thiazole rings is 1. The minimum Gasteiger partial charge on any atom is -0.508 e. The van der Waals surface area contributed by atoms with Crippen molar-refractivity contribution in [2.45, 2.75) is 13.5 Å². The fourth-order valence-corrected chi connectivity index (χ4v) is 2.71. The van der Waals surface area contributed by atoms with Crippen LogP contribution in [0.2, 0.25) is 5.02 Å². The number of nitrogens with zero attached hydrogens (tertiary/aromatic N) is 1. The molecule has 0 saturated carbocycles. The predicted octanol–water partition coefficient (Wildman–Crippen LogP) is 2.44. The highest BCUT2D eigenvalue weighted by Gasteiger charge is 2.15. The van der Waals surface area contributed by atoms with Gasteiger partial charge in [0.1, 0.15) is 15.6 Å². The van der Waals surface area contributed by atoms with E-state index in [-0.39, 0.29) is 27.8 Å². The number of aromatic carboxylic acids is 1. The number of aromatic nitrogens is 1. The summed E-state index contributed by atoms with van der Waals surface area (Å²) >= 11 is 6.89. The number of aromatic hydroxyl groups is 1. The molecule has 21 heavy (non-hydrogen) atoms. The Bertz CT molecular complexity index is 714. The average molecular weight is 327 g/mol. The van der Waals surface area contributed by atoms with Gasteiger partial charge in [-0.15, -0.1) is 11.3 Å². The molecular formula is C13H11ClN2O4S. The van der Waals surface area contributed by atoms with Crippen LogP contribution in [0.3, 0.4) is 0 Å². The molecule has 8 heteroatoms. The topological polar surface area (TPSA) is 99.5 Å². The number of benzene rings is 1. The second kappa shape index (κ2) is 6.11. The molecule has 0 unspecified atom stereocenters. The predicted molar refractivity (Wildman–Crippen MR) is 78.1 cm³/mol. The van der Waals surface area contributed by atoms with Crippen molar-refractivity contribution >= 4 is 34.8 Å². The molecule has 1 aromatic heterocycles. The Balaban J connectivity index is 2.09. The zero-order valence-corrected chi connectivity index (χ0v) is 12.5. The van der Waals surface area contributed by atoms with E-state index < -0.39 is 11.9 Å². The van der Waals surface area contributed by atoms with Gasteiger partial charge in [-0.1, -0.05) is 11.6 Å². The lowest BCUT2D eigenvalue weighted by Crippen LogP contribution is -2.23. The smallest absolute Gasteiger partial charge is 0.347 e. The summed E-state index contributed by atoms with van der Waals surface area (Å²) in [6.45, 7) is 1.68. The number of hydrogen-bond acceptors (Lipinski definition) is 5. The number of rotatable bonds is 4. The van der Waals surface area contributed by atoms with Crippen LogP contribution in [0.5, 0.6) is 5.75 Å². The fourth-order valence-electron chi connectivity index (χ4n) is 1.66. The summed E-state index contributed by atoms with van der Waals surface area (Å²) in [7, 11) is 0. The van der Waals surface area contributed by atoms with Gasteiger partial charge in [0.05, 0.1) is 22.8 Å². The van der Waals surface area contributed by atoms with Crippen molar-refractivity contribution in [3.05, 3.63) is 44.4 Å². The molecule has 0 fully saturated rings. The van der Waals surface area contributed by atoms with Gasteiger partial charge in [0.25, 0.3) is 5.91 Å². The van der Waals surface area contributed by atoms with Crippen molar-refractivity contribution in [3.63, 3.8) is 0 Å². The molecule has 6 nitrogen and oxygen atoms in total. The summed E-state index contributed by atoms with van der Waals surface area (Å²) < 4.78 is 0. The Morgan fingerprint density at radius 2 is 2.14 bits per heavy atom. The quantitative estimate of drug-likeness (QED) is 0.801. The van der Waals surface area contributed by atoms with E-state index in [9.17, 15) is 14.7 Å². The minimum atomic E-state index is -1.04. The first-order valence-corrected chi connectivity index (χ1v) is 7.04. The van der Waals surface area contributed by atoms with Crippen LogP contribution in [-0.2, 0) is 6.54 Å². The molecule has 1 heterocycles. The van der Waals surface area contributed by atoms with Crippen LogP contribution in [-0.4, -0.2) is 27.1 Å². The monoisotopic (exact) mass is 326 g/mol. The second-order valence-corrected chi connectivity index (χ2v) is 5.66. The Kier molecular flexibility index (Phi) is 4.44. The van der Waals surface area contributed by atoms with Gasteiger partial charge in [-0.2, -0.15) is 0 Å². The van der Waals surface area contributed by atoms with Gasteiger partial charge in [0, 0.05) is 0 Å². The Hall–Kier alpha value is -2.12. The molecule has 110 valence electrons. The van der Waals surface area contributed by atoms with Crippen LogP contribution in [0.4, 0.5) is 0 Å². The first-order valence-electron chi connectivity index (χ1n) is 5.85. The third-order valence-electron chi connectivity index (χ3n) is 2.63. The number of carbonyl (C=O) groups is 2. The van der Waals surface area contributed by atoms with E-state index in [1.807, 2.05) is 0 Å². The lowest BCUT2D eigenvalue weighted by molar-refractivity contribution is 0.0701. The number of carboxylic acid groups (broad SMARTS) is 1. The first kappa shape index (κ1) is 15.3. The molecule has 0 spiro atoms. The lowest BCUT2D eigenvalue weighted by Gasteiger charge is -2.05. The molecule has 2 rings (SSSR count). The van der Waals surface area contributed by atoms with Gasteiger partial charge in [0.2, 0.25) is 0 Å². The number of halogens is 1. The number of phenolic OH excluding ortho intramolecular Hbond substituents is 1. The van der Waals surface area contributed by atoms with Crippen LogP contribution in [0.15, 0.2) is 18.2 Å². The van der Waals surface area contributed by atoms with E-state index in [2.05, 4.69) is 10.3 Å². The highest BCUT2D eigenvalue weighted by atomic mass is 35.5. The zero-order chi connectivity index (χ0) is 15.6. The molecule has 0 aliphatic heterocycles. The summed E-state index contributed by atoms with van der Waals surface area (Å²) in [5.74, 6) is -1.58. The fraction of sp³-hybridized carbons (Fsp3) is 0.154. The zero-order valence-electron chi connectivity index (χ0n) is 10.9. The average Bonchev–Trinajstić information content (AvgIpc) is 2.80. The van der Waals surface area contributed by atoms with E-state index in [1.165, 1.54) is 18.2 Å². The van der Waals surface area contributed by atoms with Gasteiger partial charge in [-0.3, -0.25) is 4.79 Å². The maximum Gasteiger partial charge on any atom is 0.347 e. The highest BCUT2D eigenvalue weighted by molar-refractivity contribution is 7.13. The number of phenols is 1. The van der Waals surface area contributed by atoms with Crippen LogP contribution in [0.1, 0.15) is 30.7 Å². The molecule has 1 aromatic carbocycles. The van der Waals surface area contributed by atoms with Crippen molar-refractivity contribution in [1.29, 1.82) is 0 Å². The number of amides is 1. The standard InChI is InChI=1S/C13H11ClN2O4S/c1-6-11(13(19)20)21-10(16-6)5-15-12(18)8-4-7(17)2-3-9(8)14/h2-4,17H,5H2,1H3,(H,15,18)(H,19,20). The van der Waals surface area contributed by atoms with E-state index in [0.717, 1.165) is 11.3 Å². The van der Waals surface area contributed by atoms with Crippen LogP contribution < -0.4 is 5.32 Å². The van der Waals surface area contributed by atoms with E-state index in [0.29, 0.717) is 10.7 Å². The first-order chi connectivity index (χ1) is 9.88. The van der Waals surface area contributed by atoms with E-state index in [4.69, 9.17) is 16.7 Å². The molecule has 2 aromatic rings. The van der Waals surface area contributed by atoms with Crippen molar-refractivity contribution in [2.75, 3.05) is 0 Å². The van der Waals surface area contributed by atoms with Gasteiger partial charge >= 0.3 is 5.97 Å². The van der Waals surface area contributed by atoms with Crippen LogP contribution in [0.25, 0.3) is 0 Å². The van der Waals surface area contributed by atoms with Crippen molar-refractivity contribution < 1.29 is 19.8 Å². The number of carbonyl (C=O) groups excluding carboxylic acids is 1. The number of nitrogens with one attached hydrogen (secondary N) is 1. The second-order valence-electron chi connectivity index (χ2n) is 4.17. The van der Waals surface area contributed by atoms with Gasteiger partial charge in [-0.05, 0) is 25.1 Å². The van der Waals surface area contributed by atoms with Gasteiger partial charge < -0.3 is 15.5 Å². The molecule has 0 radical (unpaired) electrons. The normalized spacial score (nSPS) is 10.4. The summed E-state index contributed by atoms with van der Waals surface area (Å²) in [4.78, 5) is 27.1. The molecule has 0 bridgehead atoms. The molecule has 1 amide bonds. The van der Waals surface area contributed by atoms with Crippen molar-refractivity contribution in [3.8, 4) is 5.75 Å². The lowest BCUT2D eigenvalue weighted by atomic mass is 10.2. The van der Waals surface area contributed by atoms with E-state index >= 15 is 0 Å². The van der Waals surface area contributed by atoms with E-state index in [1.54, 1.807) is 6.92 Å². The summed E-state index contributed by atoms with van der Waals surface area (Å²) in [5.41, 5.74) is 0.551. The Morgan fingerprint density at radius 1 is 1.43 bits per heavy atom.